The van der Waals surface area contributed by atoms with Crippen LogP contribution in [0.5, 0.6) is 0 Å². The molecule has 0 aliphatic rings. The molecule has 0 heterocycles. The fourth-order valence-electron chi connectivity index (χ4n) is 1.82. The molecule has 0 bridgehead atoms. The van der Waals surface area contributed by atoms with E-state index in [-0.39, 0.29) is 12.3 Å². The highest BCUT2D eigenvalue weighted by atomic mass is 16.2. The standard InChI is InChI=1S/C15H16N4O2/c16-15(21)19-18-14(20)10-11-6-4-5-9-13(11)17-12-7-2-1-3-8-12/h1-9,17H,10H2,(H,18,20)(H3,16,19,21). The summed E-state index contributed by atoms with van der Waals surface area (Å²) in [6, 6.07) is 16.3. The molecule has 6 heteroatoms. The summed E-state index contributed by atoms with van der Waals surface area (Å²) in [6.07, 6.45) is 0.121. The molecular formula is C15H16N4O2. The number of primary amides is 1. The zero-order chi connectivity index (χ0) is 15.1. The summed E-state index contributed by atoms with van der Waals surface area (Å²) in [5.41, 5.74) is 11.7. The van der Waals surface area contributed by atoms with Crippen LogP contribution in [0.25, 0.3) is 0 Å². The number of nitrogens with one attached hydrogen (secondary N) is 3. The van der Waals surface area contributed by atoms with Crippen molar-refractivity contribution >= 4 is 23.3 Å². The lowest BCUT2D eigenvalue weighted by atomic mass is 10.1. The molecule has 108 valence electrons. The smallest absolute Gasteiger partial charge is 0.330 e. The molecule has 0 saturated carbocycles. The maximum Gasteiger partial charge on any atom is 0.330 e. The highest BCUT2D eigenvalue weighted by Crippen LogP contribution is 2.20. The molecule has 0 saturated heterocycles. The van der Waals surface area contributed by atoms with Crippen molar-refractivity contribution in [3.63, 3.8) is 0 Å². The number of benzene rings is 2. The van der Waals surface area contributed by atoms with Gasteiger partial charge in [-0.1, -0.05) is 36.4 Å². The van der Waals surface area contributed by atoms with Gasteiger partial charge in [0.05, 0.1) is 6.42 Å². The maximum absolute atomic E-state index is 11.7. The lowest BCUT2D eigenvalue weighted by molar-refractivity contribution is -0.121. The third-order valence-electron chi connectivity index (χ3n) is 2.75. The van der Waals surface area contributed by atoms with Gasteiger partial charge in [-0.3, -0.25) is 10.2 Å². The Balaban J connectivity index is 2.06. The van der Waals surface area contributed by atoms with Crippen LogP contribution in [0.15, 0.2) is 54.6 Å². The number of carbonyl (C=O) groups is 2. The minimum absolute atomic E-state index is 0.121. The molecular weight excluding hydrogens is 268 g/mol. The second kappa shape index (κ2) is 6.95. The molecule has 2 aromatic carbocycles. The van der Waals surface area contributed by atoms with Crippen molar-refractivity contribution in [2.75, 3.05) is 5.32 Å². The highest BCUT2D eigenvalue weighted by molar-refractivity contribution is 5.83. The van der Waals surface area contributed by atoms with Crippen LogP contribution < -0.4 is 21.9 Å². The summed E-state index contributed by atoms with van der Waals surface area (Å²) in [6.45, 7) is 0. The molecule has 3 amide bonds. The van der Waals surface area contributed by atoms with Gasteiger partial charge in [-0.2, -0.15) is 0 Å². The lowest BCUT2D eigenvalue weighted by Gasteiger charge is -2.12. The second-order valence-corrected chi connectivity index (χ2v) is 4.36. The normalized spacial score (nSPS) is 9.71. The first-order chi connectivity index (χ1) is 10.1. The Morgan fingerprint density at radius 3 is 2.29 bits per heavy atom. The van der Waals surface area contributed by atoms with Gasteiger partial charge >= 0.3 is 6.03 Å². The largest absolute Gasteiger partial charge is 0.355 e. The van der Waals surface area contributed by atoms with Crippen LogP contribution in [-0.4, -0.2) is 11.9 Å². The first-order valence-electron chi connectivity index (χ1n) is 6.39. The Hall–Kier alpha value is -3.02. The predicted octanol–water partition coefficient (Wildman–Crippen LogP) is 1.67. The third kappa shape index (κ3) is 4.54. The number of amides is 3. The van der Waals surface area contributed by atoms with E-state index in [0.717, 1.165) is 16.9 Å². The lowest BCUT2D eigenvalue weighted by Crippen LogP contribution is -2.45. The molecule has 0 aliphatic heterocycles. The topological polar surface area (TPSA) is 96.2 Å². The van der Waals surface area contributed by atoms with Gasteiger partial charge in [-0.05, 0) is 23.8 Å². The van der Waals surface area contributed by atoms with E-state index >= 15 is 0 Å². The van der Waals surface area contributed by atoms with Gasteiger partial charge in [0.2, 0.25) is 5.91 Å². The predicted molar refractivity (Wildman–Crippen MR) is 80.7 cm³/mol. The molecule has 0 aromatic heterocycles. The Kier molecular flexibility index (Phi) is 4.76. The summed E-state index contributed by atoms with van der Waals surface area (Å²) in [5.74, 6) is -0.351. The number of hydrazine groups is 1. The molecule has 0 fully saturated rings. The Morgan fingerprint density at radius 1 is 0.905 bits per heavy atom. The quantitative estimate of drug-likeness (QED) is 0.643. The Bertz CT molecular complexity index is 629. The summed E-state index contributed by atoms with van der Waals surface area (Å²) in [4.78, 5) is 22.3. The fourth-order valence-corrected chi connectivity index (χ4v) is 1.82. The van der Waals surface area contributed by atoms with Crippen molar-refractivity contribution in [1.82, 2.24) is 10.9 Å². The zero-order valence-corrected chi connectivity index (χ0v) is 11.3. The minimum atomic E-state index is -0.806. The van der Waals surface area contributed by atoms with Gasteiger partial charge in [0.25, 0.3) is 0 Å². The first kappa shape index (κ1) is 14.4. The van der Waals surface area contributed by atoms with E-state index in [0.29, 0.717) is 0 Å². The van der Waals surface area contributed by atoms with E-state index in [4.69, 9.17) is 5.73 Å². The van der Waals surface area contributed by atoms with Crippen molar-refractivity contribution in [3.8, 4) is 0 Å². The maximum atomic E-state index is 11.7. The fraction of sp³-hybridized carbons (Fsp3) is 0.0667. The molecule has 2 rings (SSSR count). The molecule has 0 spiro atoms. The van der Waals surface area contributed by atoms with Crippen LogP contribution in [0.2, 0.25) is 0 Å². The molecule has 0 aliphatic carbocycles. The Labute approximate surface area is 122 Å². The van der Waals surface area contributed by atoms with E-state index in [1.54, 1.807) is 0 Å². The number of carbonyl (C=O) groups excluding carboxylic acids is 2. The van der Waals surface area contributed by atoms with E-state index < -0.39 is 6.03 Å². The van der Waals surface area contributed by atoms with Crippen LogP contribution in [-0.2, 0) is 11.2 Å². The third-order valence-corrected chi connectivity index (χ3v) is 2.75. The summed E-state index contributed by atoms with van der Waals surface area (Å²) >= 11 is 0. The van der Waals surface area contributed by atoms with Crippen molar-refractivity contribution in [2.24, 2.45) is 5.73 Å². The number of urea groups is 1. The minimum Gasteiger partial charge on any atom is -0.355 e. The molecule has 5 N–H and O–H groups in total. The van der Waals surface area contributed by atoms with Gasteiger partial charge in [-0.25, -0.2) is 10.2 Å². The molecule has 6 nitrogen and oxygen atoms in total. The van der Waals surface area contributed by atoms with Crippen LogP contribution in [0.3, 0.4) is 0 Å². The van der Waals surface area contributed by atoms with Crippen LogP contribution in [0.1, 0.15) is 5.56 Å². The molecule has 0 unspecified atom stereocenters. The molecule has 0 atom stereocenters. The van der Waals surface area contributed by atoms with E-state index in [2.05, 4.69) is 16.2 Å². The van der Waals surface area contributed by atoms with Gasteiger partial charge in [0, 0.05) is 11.4 Å². The van der Waals surface area contributed by atoms with Crippen molar-refractivity contribution < 1.29 is 9.59 Å². The van der Waals surface area contributed by atoms with Gasteiger partial charge < -0.3 is 11.1 Å². The average Bonchev–Trinajstić information content (AvgIpc) is 2.48. The number of para-hydroxylation sites is 2. The number of hydrogen-bond donors (Lipinski definition) is 4. The number of rotatable bonds is 4. The first-order valence-corrected chi connectivity index (χ1v) is 6.39. The van der Waals surface area contributed by atoms with Crippen molar-refractivity contribution in [2.45, 2.75) is 6.42 Å². The zero-order valence-electron chi connectivity index (χ0n) is 11.3. The van der Waals surface area contributed by atoms with Crippen LogP contribution >= 0.6 is 0 Å². The molecule has 0 radical (unpaired) electrons. The van der Waals surface area contributed by atoms with Gasteiger partial charge in [0.15, 0.2) is 0 Å². The van der Waals surface area contributed by atoms with E-state index in [1.807, 2.05) is 54.6 Å². The van der Waals surface area contributed by atoms with Gasteiger partial charge in [-0.15, -0.1) is 0 Å². The summed E-state index contributed by atoms with van der Waals surface area (Å²) in [7, 11) is 0. The number of nitrogens with two attached hydrogens (primary N) is 1. The SMILES string of the molecule is NC(=O)NNC(=O)Cc1ccccc1Nc1ccccc1. The van der Waals surface area contributed by atoms with E-state index in [9.17, 15) is 9.59 Å². The summed E-state index contributed by atoms with van der Waals surface area (Å²) in [5, 5.41) is 3.25. The second-order valence-electron chi connectivity index (χ2n) is 4.36. The molecule has 21 heavy (non-hydrogen) atoms. The Morgan fingerprint density at radius 2 is 1.57 bits per heavy atom. The van der Waals surface area contributed by atoms with Crippen LogP contribution in [0.4, 0.5) is 16.2 Å². The van der Waals surface area contributed by atoms with Gasteiger partial charge in [0.1, 0.15) is 0 Å². The van der Waals surface area contributed by atoms with Crippen molar-refractivity contribution in [1.29, 1.82) is 0 Å². The molecule has 2 aromatic rings. The van der Waals surface area contributed by atoms with E-state index in [1.165, 1.54) is 0 Å². The number of hydrogen-bond acceptors (Lipinski definition) is 3. The summed E-state index contributed by atoms with van der Waals surface area (Å²) < 4.78 is 0. The van der Waals surface area contributed by atoms with Crippen LogP contribution in [0, 0.1) is 0 Å². The monoisotopic (exact) mass is 284 g/mol. The number of anilines is 2. The average molecular weight is 284 g/mol. The van der Waals surface area contributed by atoms with Crippen molar-refractivity contribution in [3.05, 3.63) is 60.2 Å². The highest BCUT2D eigenvalue weighted by Gasteiger charge is 2.08.